The maximum absolute atomic E-state index is 11.5. The van der Waals surface area contributed by atoms with E-state index in [1.165, 1.54) is 34.2 Å². The smallest absolute Gasteiger partial charge is 0.369 e. The molecule has 2 rings (SSSR count). The zero-order valence-electron chi connectivity index (χ0n) is 11.0. The second-order valence-electron chi connectivity index (χ2n) is 3.96. The Hall–Kier alpha value is -1.40. The minimum Gasteiger partial charge on any atom is -0.461 e. The van der Waals surface area contributed by atoms with E-state index in [9.17, 15) is 4.79 Å². The van der Waals surface area contributed by atoms with Crippen molar-refractivity contribution in [2.24, 2.45) is 0 Å². The summed E-state index contributed by atoms with van der Waals surface area (Å²) in [6.45, 7) is 6.21. The fourth-order valence-corrected chi connectivity index (χ4v) is 3.33. The molecule has 0 atom stereocenters. The van der Waals surface area contributed by atoms with Crippen molar-refractivity contribution in [3.05, 3.63) is 34.3 Å². The Kier molecular flexibility index (Phi) is 4.55. The summed E-state index contributed by atoms with van der Waals surface area (Å²) in [7, 11) is 0. The van der Waals surface area contributed by atoms with Crippen molar-refractivity contribution in [3.63, 3.8) is 0 Å². The van der Waals surface area contributed by atoms with Crippen LogP contribution in [0.4, 0.5) is 0 Å². The molecule has 6 heteroatoms. The molecule has 19 heavy (non-hydrogen) atoms. The second-order valence-corrected chi connectivity index (χ2v) is 6.23. The van der Waals surface area contributed by atoms with Gasteiger partial charge in [0.1, 0.15) is 0 Å². The molecule has 0 spiro atoms. The standard InChI is InChI=1S/C13H14N2O2S2/c1-4-17-12(16)11-14-15-13(19-11)18-10-7-8(2)5-6-9(10)3/h5-7H,4H2,1-3H3. The maximum atomic E-state index is 11.5. The Morgan fingerprint density at radius 1 is 1.37 bits per heavy atom. The lowest BCUT2D eigenvalue weighted by Gasteiger charge is -2.03. The van der Waals surface area contributed by atoms with Crippen molar-refractivity contribution in [1.82, 2.24) is 10.2 Å². The average Bonchev–Trinajstić information content (AvgIpc) is 2.83. The predicted octanol–water partition coefficient (Wildman–Crippen LogP) is 3.48. The number of esters is 1. The molecule has 0 N–H and O–H groups in total. The lowest BCUT2D eigenvalue weighted by atomic mass is 10.2. The summed E-state index contributed by atoms with van der Waals surface area (Å²) in [5.74, 6) is -0.409. The van der Waals surface area contributed by atoms with Gasteiger partial charge >= 0.3 is 5.97 Å². The molecule has 1 aromatic heterocycles. The first-order chi connectivity index (χ1) is 9.10. The van der Waals surface area contributed by atoms with Crippen LogP contribution in [-0.2, 0) is 4.74 Å². The van der Waals surface area contributed by atoms with Crippen molar-refractivity contribution in [2.75, 3.05) is 6.61 Å². The molecule has 0 aliphatic rings. The highest BCUT2D eigenvalue weighted by Crippen LogP contribution is 2.32. The van der Waals surface area contributed by atoms with E-state index in [0.717, 1.165) is 9.24 Å². The van der Waals surface area contributed by atoms with Crippen LogP contribution in [-0.4, -0.2) is 22.8 Å². The summed E-state index contributed by atoms with van der Waals surface area (Å²) in [6, 6.07) is 6.25. The Bertz CT molecular complexity index is 596. The third-order valence-electron chi connectivity index (χ3n) is 2.40. The van der Waals surface area contributed by atoms with Gasteiger partial charge in [0.25, 0.3) is 0 Å². The molecule has 0 saturated carbocycles. The van der Waals surface area contributed by atoms with Crippen LogP contribution in [0.2, 0.25) is 0 Å². The fraction of sp³-hybridized carbons (Fsp3) is 0.308. The summed E-state index contributed by atoms with van der Waals surface area (Å²) >= 11 is 2.78. The number of ether oxygens (including phenoxy) is 1. The summed E-state index contributed by atoms with van der Waals surface area (Å²) in [4.78, 5) is 12.6. The number of nitrogens with zero attached hydrogens (tertiary/aromatic N) is 2. The highest BCUT2D eigenvalue weighted by atomic mass is 32.2. The van der Waals surface area contributed by atoms with E-state index in [0.29, 0.717) is 11.6 Å². The molecule has 100 valence electrons. The summed E-state index contributed by atoms with van der Waals surface area (Å²) in [5.41, 5.74) is 2.38. The van der Waals surface area contributed by atoms with Gasteiger partial charge in [-0.15, -0.1) is 10.2 Å². The van der Waals surface area contributed by atoms with E-state index in [4.69, 9.17) is 4.74 Å². The number of hydrogen-bond donors (Lipinski definition) is 0. The minimum atomic E-state index is -0.409. The summed E-state index contributed by atoms with van der Waals surface area (Å²) in [6.07, 6.45) is 0. The maximum Gasteiger partial charge on any atom is 0.369 e. The first-order valence-corrected chi connectivity index (χ1v) is 7.49. The van der Waals surface area contributed by atoms with Gasteiger partial charge in [-0.25, -0.2) is 4.79 Å². The van der Waals surface area contributed by atoms with Crippen LogP contribution in [0.15, 0.2) is 27.4 Å². The van der Waals surface area contributed by atoms with Gasteiger partial charge in [0.05, 0.1) is 6.61 Å². The summed E-state index contributed by atoms with van der Waals surface area (Å²) in [5, 5.41) is 8.17. The van der Waals surface area contributed by atoms with Gasteiger partial charge in [-0.05, 0) is 38.0 Å². The highest BCUT2D eigenvalue weighted by molar-refractivity contribution is 8.01. The first-order valence-electron chi connectivity index (χ1n) is 5.86. The third-order valence-corrected chi connectivity index (χ3v) is 4.51. The van der Waals surface area contributed by atoms with Gasteiger partial charge in [0.2, 0.25) is 5.01 Å². The quantitative estimate of drug-likeness (QED) is 0.808. The topological polar surface area (TPSA) is 52.1 Å². The monoisotopic (exact) mass is 294 g/mol. The van der Waals surface area contributed by atoms with Gasteiger partial charge in [-0.1, -0.05) is 35.2 Å². The van der Waals surface area contributed by atoms with Crippen LogP contribution in [0.1, 0.15) is 27.9 Å². The molecule has 0 fully saturated rings. The van der Waals surface area contributed by atoms with Crippen LogP contribution in [0.5, 0.6) is 0 Å². The minimum absolute atomic E-state index is 0.301. The lowest BCUT2D eigenvalue weighted by Crippen LogP contribution is -2.03. The molecule has 0 saturated heterocycles. The molecule has 0 radical (unpaired) electrons. The van der Waals surface area contributed by atoms with E-state index in [1.807, 2.05) is 6.92 Å². The Balaban J connectivity index is 2.15. The molecule has 0 bridgehead atoms. The van der Waals surface area contributed by atoms with E-state index in [-0.39, 0.29) is 0 Å². The number of aryl methyl sites for hydroxylation is 2. The van der Waals surface area contributed by atoms with E-state index in [2.05, 4.69) is 35.3 Å². The summed E-state index contributed by atoms with van der Waals surface area (Å²) < 4.78 is 5.64. The Morgan fingerprint density at radius 2 is 2.16 bits per heavy atom. The molecule has 1 aromatic carbocycles. The number of carbonyl (C=O) groups excluding carboxylic acids is 1. The molecule has 0 aliphatic carbocycles. The molecule has 1 heterocycles. The van der Waals surface area contributed by atoms with Gasteiger partial charge in [0, 0.05) is 4.90 Å². The van der Waals surface area contributed by atoms with E-state index in [1.54, 1.807) is 6.92 Å². The second kappa shape index (κ2) is 6.16. The van der Waals surface area contributed by atoms with E-state index < -0.39 is 5.97 Å². The SMILES string of the molecule is CCOC(=O)c1nnc(Sc2cc(C)ccc2C)s1. The number of carbonyl (C=O) groups is 1. The van der Waals surface area contributed by atoms with Crippen molar-refractivity contribution >= 4 is 29.1 Å². The Labute approximate surface area is 120 Å². The van der Waals surface area contributed by atoms with Crippen LogP contribution < -0.4 is 0 Å². The average molecular weight is 294 g/mol. The Morgan fingerprint density at radius 3 is 2.89 bits per heavy atom. The number of rotatable bonds is 4. The zero-order valence-corrected chi connectivity index (χ0v) is 12.6. The highest BCUT2D eigenvalue weighted by Gasteiger charge is 2.14. The third kappa shape index (κ3) is 3.54. The van der Waals surface area contributed by atoms with Crippen molar-refractivity contribution < 1.29 is 9.53 Å². The molecule has 0 unspecified atom stereocenters. The van der Waals surface area contributed by atoms with Crippen molar-refractivity contribution in [2.45, 2.75) is 30.0 Å². The van der Waals surface area contributed by atoms with Gasteiger partial charge in [-0.3, -0.25) is 0 Å². The molecular formula is C13H14N2O2S2. The molecule has 0 amide bonds. The molecule has 4 nitrogen and oxygen atoms in total. The van der Waals surface area contributed by atoms with Crippen molar-refractivity contribution in [1.29, 1.82) is 0 Å². The molecular weight excluding hydrogens is 280 g/mol. The van der Waals surface area contributed by atoms with Crippen LogP contribution in [0, 0.1) is 13.8 Å². The number of benzene rings is 1. The lowest BCUT2D eigenvalue weighted by molar-refractivity contribution is 0.0525. The zero-order chi connectivity index (χ0) is 13.8. The van der Waals surface area contributed by atoms with Gasteiger partial charge in [0.15, 0.2) is 4.34 Å². The first kappa shape index (κ1) is 14.0. The normalized spacial score (nSPS) is 10.5. The van der Waals surface area contributed by atoms with E-state index >= 15 is 0 Å². The van der Waals surface area contributed by atoms with Gasteiger partial charge < -0.3 is 4.74 Å². The number of hydrogen-bond acceptors (Lipinski definition) is 6. The van der Waals surface area contributed by atoms with Crippen LogP contribution in [0.3, 0.4) is 0 Å². The predicted molar refractivity (Wildman–Crippen MR) is 75.9 cm³/mol. The van der Waals surface area contributed by atoms with Crippen LogP contribution >= 0.6 is 23.1 Å². The number of aromatic nitrogens is 2. The molecule has 0 aliphatic heterocycles. The largest absolute Gasteiger partial charge is 0.461 e. The fourth-order valence-electron chi connectivity index (χ4n) is 1.44. The molecule has 2 aromatic rings. The van der Waals surface area contributed by atoms with Crippen LogP contribution in [0.25, 0.3) is 0 Å². The van der Waals surface area contributed by atoms with Gasteiger partial charge in [-0.2, -0.15) is 0 Å². The van der Waals surface area contributed by atoms with Crippen molar-refractivity contribution in [3.8, 4) is 0 Å².